The van der Waals surface area contributed by atoms with Gasteiger partial charge >= 0.3 is 6.18 Å². The van der Waals surface area contributed by atoms with Crippen LogP contribution in [0.15, 0.2) is 24.3 Å². The fourth-order valence-corrected chi connectivity index (χ4v) is 2.89. The molecule has 2 atom stereocenters. The molecule has 1 aliphatic heterocycles. The minimum atomic E-state index is -4.14. The van der Waals surface area contributed by atoms with Crippen LogP contribution in [0.3, 0.4) is 0 Å². The second kappa shape index (κ2) is 6.14. The summed E-state index contributed by atoms with van der Waals surface area (Å²) in [4.78, 5) is 2.10. The van der Waals surface area contributed by atoms with Crippen molar-refractivity contribution in [3.63, 3.8) is 0 Å². The number of piperidine rings is 1. The van der Waals surface area contributed by atoms with E-state index >= 15 is 0 Å². The molecule has 2 unspecified atom stereocenters. The molecule has 1 aromatic rings. The summed E-state index contributed by atoms with van der Waals surface area (Å²) in [5, 5.41) is 2.64. The van der Waals surface area contributed by atoms with Crippen molar-refractivity contribution >= 4 is 0 Å². The first-order valence-electron chi connectivity index (χ1n) is 6.89. The second-order valence-electron chi connectivity index (χ2n) is 5.76. The summed E-state index contributed by atoms with van der Waals surface area (Å²) < 4.78 is 36.9. The third-order valence-electron chi connectivity index (χ3n) is 3.74. The normalized spacial score (nSPS) is 24.9. The molecule has 1 saturated heterocycles. The maximum Gasteiger partial charge on any atom is 0.401 e. The standard InChI is InChI=1S/C15H21F3N2/c1-11-4-3-5-12(6-11)13-7-14(9-20(2)8-13)19-10-15(16,17)18/h3-6,13-14,19H,7-10H2,1-2H3. The van der Waals surface area contributed by atoms with E-state index in [9.17, 15) is 13.2 Å². The highest BCUT2D eigenvalue weighted by Crippen LogP contribution is 2.27. The maximum atomic E-state index is 12.3. The van der Waals surface area contributed by atoms with Crippen molar-refractivity contribution in [2.75, 3.05) is 26.7 Å². The maximum absolute atomic E-state index is 12.3. The van der Waals surface area contributed by atoms with E-state index in [1.165, 1.54) is 11.1 Å². The number of nitrogens with one attached hydrogen (secondary N) is 1. The zero-order valence-corrected chi connectivity index (χ0v) is 11.9. The first-order chi connectivity index (χ1) is 9.33. The van der Waals surface area contributed by atoms with Crippen LogP contribution < -0.4 is 5.32 Å². The van der Waals surface area contributed by atoms with E-state index in [0.717, 1.165) is 13.0 Å². The van der Waals surface area contributed by atoms with Crippen LogP contribution in [-0.4, -0.2) is 43.8 Å². The number of hydrogen-bond acceptors (Lipinski definition) is 2. The number of benzene rings is 1. The SMILES string of the molecule is Cc1cccc(C2CC(NCC(F)(F)F)CN(C)C2)c1. The Morgan fingerprint density at radius 1 is 1.30 bits per heavy atom. The minimum absolute atomic E-state index is 0.110. The molecule has 5 heteroatoms. The monoisotopic (exact) mass is 286 g/mol. The van der Waals surface area contributed by atoms with E-state index in [2.05, 4.69) is 22.3 Å². The van der Waals surface area contributed by atoms with Crippen LogP contribution in [0.2, 0.25) is 0 Å². The lowest BCUT2D eigenvalue weighted by Crippen LogP contribution is -2.49. The summed E-state index contributed by atoms with van der Waals surface area (Å²) >= 11 is 0. The number of nitrogens with zero attached hydrogens (tertiary/aromatic N) is 1. The predicted molar refractivity (Wildman–Crippen MR) is 73.9 cm³/mol. The van der Waals surface area contributed by atoms with Gasteiger partial charge in [-0.2, -0.15) is 13.2 Å². The van der Waals surface area contributed by atoms with Gasteiger partial charge in [0, 0.05) is 19.1 Å². The average Bonchev–Trinajstić information content (AvgIpc) is 2.35. The molecule has 20 heavy (non-hydrogen) atoms. The van der Waals surface area contributed by atoms with Gasteiger partial charge < -0.3 is 10.2 Å². The van der Waals surface area contributed by atoms with Crippen LogP contribution in [-0.2, 0) is 0 Å². The molecule has 2 nitrogen and oxygen atoms in total. The molecule has 1 aromatic carbocycles. The molecule has 0 aromatic heterocycles. The molecule has 0 amide bonds. The lowest BCUT2D eigenvalue weighted by atomic mass is 9.87. The summed E-state index contributed by atoms with van der Waals surface area (Å²) in [5.74, 6) is 0.291. The van der Waals surface area contributed by atoms with Crippen molar-refractivity contribution in [3.05, 3.63) is 35.4 Å². The van der Waals surface area contributed by atoms with Gasteiger partial charge in [0.1, 0.15) is 0 Å². The Bertz CT molecular complexity index is 445. The van der Waals surface area contributed by atoms with Crippen molar-refractivity contribution in [2.24, 2.45) is 0 Å². The number of alkyl halides is 3. The first-order valence-corrected chi connectivity index (χ1v) is 6.89. The van der Waals surface area contributed by atoms with Gasteiger partial charge in [0.15, 0.2) is 0 Å². The van der Waals surface area contributed by atoms with E-state index in [0.29, 0.717) is 12.5 Å². The van der Waals surface area contributed by atoms with Crippen LogP contribution in [0, 0.1) is 6.92 Å². The Hall–Kier alpha value is -1.07. The summed E-state index contributed by atoms with van der Waals surface area (Å²) in [7, 11) is 1.96. The molecular formula is C15H21F3N2. The summed E-state index contributed by atoms with van der Waals surface area (Å²) in [5.41, 5.74) is 2.41. The average molecular weight is 286 g/mol. The van der Waals surface area contributed by atoms with E-state index in [4.69, 9.17) is 0 Å². The molecule has 1 N–H and O–H groups in total. The van der Waals surface area contributed by atoms with E-state index in [1.807, 2.05) is 26.1 Å². The zero-order valence-electron chi connectivity index (χ0n) is 11.9. The fourth-order valence-electron chi connectivity index (χ4n) is 2.89. The lowest BCUT2D eigenvalue weighted by Gasteiger charge is -2.36. The largest absolute Gasteiger partial charge is 0.401 e. The zero-order chi connectivity index (χ0) is 14.8. The lowest BCUT2D eigenvalue weighted by molar-refractivity contribution is -0.127. The van der Waals surface area contributed by atoms with Crippen molar-refractivity contribution in [1.82, 2.24) is 10.2 Å². The van der Waals surface area contributed by atoms with E-state index in [-0.39, 0.29) is 6.04 Å². The Morgan fingerprint density at radius 2 is 2.05 bits per heavy atom. The Kier molecular flexibility index (Phi) is 4.70. The smallest absolute Gasteiger partial charge is 0.305 e. The molecular weight excluding hydrogens is 265 g/mol. The van der Waals surface area contributed by atoms with Crippen molar-refractivity contribution in [1.29, 1.82) is 0 Å². The predicted octanol–water partition coefficient (Wildman–Crippen LogP) is 2.93. The minimum Gasteiger partial charge on any atom is -0.305 e. The van der Waals surface area contributed by atoms with Crippen LogP contribution in [0.5, 0.6) is 0 Å². The molecule has 1 fully saturated rings. The molecule has 0 bridgehead atoms. The van der Waals surface area contributed by atoms with Crippen molar-refractivity contribution in [2.45, 2.75) is 31.5 Å². The molecule has 1 heterocycles. The number of likely N-dealkylation sites (tertiary alicyclic amines) is 1. The topological polar surface area (TPSA) is 15.3 Å². The summed E-state index contributed by atoms with van der Waals surface area (Å²) in [6.07, 6.45) is -3.39. The van der Waals surface area contributed by atoms with E-state index < -0.39 is 12.7 Å². The van der Waals surface area contributed by atoms with Gasteiger partial charge in [-0.05, 0) is 31.9 Å². The van der Waals surface area contributed by atoms with Gasteiger partial charge in [-0.25, -0.2) is 0 Å². The Labute approximate surface area is 118 Å². The van der Waals surface area contributed by atoms with Gasteiger partial charge in [0.25, 0.3) is 0 Å². The summed E-state index contributed by atoms with van der Waals surface area (Å²) in [6, 6.07) is 8.13. The highest BCUT2D eigenvalue weighted by Gasteiger charge is 2.31. The van der Waals surface area contributed by atoms with Crippen molar-refractivity contribution in [3.8, 4) is 0 Å². The van der Waals surface area contributed by atoms with Crippen molar-refractivity contribution < 1.29 is 13.2 Å². The van der Waals surface area contributed by atoms with Gasteiger partial charge in [-0.1, -0.05) is 29.8 Å². The number of hydrogen-bond donors (Lipinski definition) is 1. The number of halogens is 3. The quantitative estimate of drug-likeness (QED) is 0.919. The summed E-state index contributed by atoms with van der Waals surface area (Å²) in [6.45, 7) is 2.69. The molecule has 112 valence electrons. The molecule has 0 saturated carbocycles. The number of aryl methyl sites for hydroxylation is 1. The van der Waals surface area contributed by atoms with Crippen LogP contribution in [0.1, 0.15) is 23.5 Å². The Balaban J connectivity index is 2.01. The highest BCUT2D eigenvalue weighted by molar-refractivity contribution is 5.26. The molecule has 0 aliphatic carbocycles. The third kappa shape index (κ3) is 4.49. The number of rotatable bonds is 3. The van der Waals surface area contributed by atoms with Gasteiger partial charge in [-0.3, -0.25) is 0 Å². The molecule has 2 rings (SSSR count). The van der Waals surface area contributed by atoms with Gasteiger partial charge in [0.2, 0.25) is 0 Å². The molecule has 0 radical (unpaired) electrons. The third-order valence-corrected chi connectivity index (χ3v) is 3.74. The fraction of sp³-hybridized carbons (Fsp3) is 0.600. The molecule has 1 aliphatic rings. The Morgan fingerprint density at radius 3 is 2.70 bits per heavy atom. The van der Waals surface area contributed by atoms with E-state index in [1.54, 1.807) is 0 Å². The number of likely N-dealkylation sites (N-methyl/N-ethyl adjacent to an activating group) is 1. The van der Waals surface area contributed by atoms with Crippen LogP contribution in [0.25, 0.3) is 0 Å². The van der Waals surface area contributed by atoms with Gasteiger partial charge in [-0.15, -0.1) is 0 Å². The first kappa shape index (κ1) is 15.3. The van der Waals surface area contributed by atoms with Crippen LogP contribution in [0.4, 0.5) is 13.2 Å². The molecule has 0 spiro atoms. The second-order valence-corrected chi connectivity index (χ2v) is 5.76. The van der Waals surface area contributed by atoms with Crippen LogP contribution >= 0.6 is 0 Å². The highest BCUT2D eigenvalue weighted by atomic mass is 19.4. The van der Waals surface area contributed by atoms with Gasteiger partial charge in [0.05, 0.1) is 6.54 Å².